The lowest BCUT2D eigenvalue weighted by atomic mass is 9.84. The summed E-state index contributed by atoms with van der Waals surface area (Å²) >= 11 is 0. The van der Waals surface area contributed by atoms with E-state index in [1.165, 1.54) is 37.7 Å². The molecule has 2 aliphatic rings. The van der Waals surface area contributed by atoms with E-state index < -0.39 is 0 Å². The molecule has 0 spiro atoms. The number of benzene rings is 1. The normalized spacial score (nSPS) is 21.0. The highest BCUT2D eigenvalue weighted by molar-refractivity contribution is 5.62. The molecule has 150 valence electrons. The first kappa shape index (κ1) is 19.2. The van der Waals surface area contributed by atoms with Crippen molar-refractivity contribution in [1.29, 1.82) is 0 Å². The molecule has 1 saturated heterocycles. The van der Waals surface area contributed by atoms with Crippen molar-refractivity contribution in [2.75, 3.05) is 29.9 Å². The molecule has 1 aromatic heterocycles. The number of rotatable bonds is 4. The van der Waals surface area contributed by atoms with Crippen LogP contribution in [-0.2, 0) is 4.74 Å². The van der Waals surface area contributed by atoms with Gasteiger partial charge in [-0.15, -0.1) is 0 Å². The van der Waals surface area contributed by atoms with Crippen molar-refractivity contribution in [3.8, 4) is 0 Å². The lowest BCUT2D eigenvalue weighted by molar-refractivity contribution is 0.0526. The first-order valence-corrected chi connectivity index (χ1v) is 10.7. The molecule has 5 nitrogen and oxygen atoms in total. The molecule has 0 bridgehead atoms. The number of hydrogen-bond acceptors (Lipinski definition) is 5. The molecule has 2 fully saturated rings. The Hall–Kier alpha value is -2.14. The van der Waals surface area contributed by atoms with Crippen LogP contribution in [0.2, 0.25) is 0 Å². The van der Waals surface area contributed by atoms with Crippen LogP contribution < -0.4 is 10.2 Å². The maximum absolute atomic E-state index is 5.66. The number of hydrogen-bond donors (Lipinski definition) is 1. The number of nitrogens with one attached hydrogen (secondary N) is 1. The summed E-state index contributed by atoms with van der Waals surface area (Å²) < 4.78 is 5.66. The molecule has 28 heavy (non-hydrogen) atoms. The zero-order valence-electron chi connectivity index (χ0n) is 17.4. The number of ether oxygens (including phenoxy) is 1. The second-order valence-electron chi connectivity index (χ2n) is 8.29. The monoisotopic (exact) mass is 380 g/mol. The number of anilines is 3. The highest BCUT2D eigenvalue weighted by Crippen LogP contribution is 2.33. The van der Waals surface area contributed by atoms with Crippen molar-refractivity contribution in [2.24, 2.45) is 0 Å². The summed E-state index contributed by atoms with van der Waals surface area (Å²) in [7, 11) is 0. The summed E-state index contributed by atoms with van der Waals surface area (Å²) in [6, 6.07) is 8.95. The number of nitrogens with zero attached hydrogens (tertiary/aromatic N) is 3. The van der Waals surface area contributed by atoms with Gasteiger partial charge in [0.25, 0.3) is 0 Å². The average Bonchev–Trinajstić information content (AvgIpc) is 2.72. The van der Waals surface area contributed by atoms with Gasteiger partial charge in [-0.2, -0.15) is 4.98 Å². The van der Waals surface area contributed by atoms with Crippen LogP contribution in [0.5, 0.6) is 0 Å². The third-order valence-electron chi connectivity index (χ3n) is 6.15. The van der Waals surface area contributed by atoms with Gasteiger partial charge < -0.3 is 15.0 Å². The predicted molar refractivity (Wildman–Crippen MR) is 115 cm³/mol. The molecular weight excluding hydrogens is 348 g/mol. The van der Waals surface area contributed by atoms with Gasteiger partial charge in [-0.1, -0.05) is 31.4 Å². The second-order valence-corrected chi connectivity index (χ2v) is 8.29. The molecule has 1 saturated carbocycles. The molecule has 1 aliphatic heterocycles. The fourth-order valence-electron chi connectivity index (χ4n) is 4.29. The Balaban J connectivity index is 1.52. The fraction of sp³-hybridized carbons (Fsp3) is 0.565. The van der Waals surface area contributed by atoms with Gasteiger partial charge in [-0.25, -0.2) is 4.98 Å². The summed E-state index contributed by atoms with van der Waals surface area (Å²) in [5.41, 5.74) is 4.68. The maximum atomic E-state index is 5.66. The minimum absolute atomic E-state index is 0.211. The molecule has 5 heteroatoms. The van der Waals surface area contributed by atoms with E-state index >= 15 is 0 Å². The fourth-order valence-corrected chi connectivity index (χ4v) is 4.29. The lowest BCUT2D eigenvalue weighted by Crippen LogP contribution is -2.42. The minimum atomic E-state index is 0.211. The zero-order chi connectivity index (χ0) is 19.5. The number of aromatic nitrogens is 2. The summed E-state index contributed by atoms with van der Waals surface area (Å²) in [5.74, 6) is 2.42. The van der Waals surface area contributed by atoms with Crippen molar-refractivity contribution in [2.45, 2.75) is 64.9 Å². The van der Waals surface area contributed by atoms with E-state index in [4.69, 9.17) is 14.7 Å². The van der Waals surface area contributed by atoms with Crippen LogP contribution >= 0.6 is 0 Å². The Kier molecular flexibility index (Phi) is 5.81. The standard InChI is InChI=1S/C23H32N4O/c1-16-15-27(13-14-28-16)23-24-18(3)17(2)22(26-23)25-21-11-9-20(10-12-21)19-7-5-4-6-8-19/h9-12,16,19H,4-8,13-15H2,1-3H3,(H,24,25,26). The Morgan fingerprint density at radius 2 is 1.79 bits per heavy atom. The van der Waals surface area contributed by atoms with E-state index in [2.05, 4.69) is 55.3 Å². The molecule has 1 aromatic carbocycles. The van der Waals surface area contributed by atoms with Gasteiger partial charge >= 0.3 is 0 Å². The van der Waals surface area contributed by atoms with Gasteiger partial charge in [0, 0.05) is 30.0 Å². The SMILES string of the molecule is Cc1nc(N2CCOC(C)C2)nc(Nc2ccc(C3CCCCC3)cc2)c1C. The third kappa shape index (κ3) is 4.30. The Labute approximate surface area is 168 Å². The van der Waals surface area contributed by atoms with Crippen molar-refractivity contribution in [1.82, 2.24) is 9.97 Å². The van der Waals surface area contributed by atoms with Crippen molar-refractivity contribution < 1.29 is 4.74 Å². The number of morpholine rings is 1. The van der Waals surface area contributed by atoms with Gasteiger partial charge in [-0.05, 0) is 57.2 Å². The number of aryl methyl sites for hydroxylation is 1. The molecule has 4 rings (SSSR count). The molecular formula is C23H32N4O. The predicted octanol–water partition coefficient (Wildman–Crippen LogP) is 5.11. The smallest absolute Gasteiger partial charge is 0.227 e. The molecule has 1 aliphatic carbocycles. The summed E-state index contributed by atoms with van der Waals surface area (Å²) in [4.78, 5) is 11.8. The maximum Gasteiger partial charge on any atom is 0.227 e. The molecule has 1 atom stereocenters. The van der Waals surface area contributed by atoms with Gasteiger partial charge in [0.1, 0.15) is 5.82 Å². The highest BCUT2D eigenvalue weighted by Gasteiger charge is 2.21. The van der Waals surface area contributed by atoms with Crippen LogP contribution in [0.4, 0.5) is 17.5 Å². The highest BCUT2D eigenvalue weighted by atomic mass is 16.5. The molecule has 2 aromatic rings. The van der Waals surface area contributed by atoms with E-state index in [9.17, 15) is 0 Å². The van der Waals surface area contributed by atoms with Gasteiger partial charge in [0.05, 0.1) is 12.7 Å². The zero-order valence-corrected chi connectivity index (χ0v) is 17.4. The van der Waals surface area contributed by atoms with E-state index in [0.29, 0.717) is 0 Å². The first-order valence-electron chi connectivity index (χ1n) is 10.7. The molecule has 0 amide bonds. The topological polar surface area (TPSA) is 50.3 Å². The van der Waals surface area contributed by atoms with E-state index in [1.54, 1.807) is 0 Å². The summed E-state index contributed by atoms with van der Waals surface area (Å²) in [6.45, 7) is 8.63. The molecule has 2 heterocycles. The van der Waals surface area contributed by atoms with Crippen molar-refractivity contribution >= 4 is 17.5 Å². The Bertz CT molecular complexity index is 799. The summed E-state index contributed by atoms with van der Waals surface area (Å²) in [5, 5.41) is 3.52. The van der Waals surface area contributed by atoms with Gasteiger partial charge in [0.15, 0.2) is 0 Å². The van der Waals surface area contributed by atoms with Crippen LogP contribution in [0, 0.1) is 13.8 Å². The van der Waals surface area contributed by atoms with Crippen LogP contribution in [0.25, 0.3) is 0 Å². The van der Waals surface area contributed by atoms with E-state index in [0.717, 1.165) is 54.3 Å². The second kappa shape index (κ2) is 8.48. The van der Waals surface area contributed by atoms with Crippen LogP contribution in [-0.4, -0.2) is 35.8 Å². The summed E-state index contributed by atoms with van der Waals surface area (Å²) in [6.07, 6.45) is 7.01. The minimum Gasteiger partial charge on any atom is -0.375 e. The molecule has 1 unspecified atom stereocenters. The van der Waals surface area contributed by atoms with Crippen LogP contribution in [0.3, 0.4) is 0 Å². The van der Waals surface area contributed by atoms with Crippen molar-refractivity contribution in [3.63, 3.8) is 0 Å². The third-order valence-corrected chi connectivity index (χ3v) is 6.15. The Morgan fingerprint density at radius 1 is 1.04 bits per heavy atom. The Morgan fingerprint density at radius 3 is 2.50 bits per heavy atom. The first-order chi connectivity index (χ1) is 13.6. The lowest BCUT2D eigenvalue weighted by Gasteiger charge is -2.31. The van der Waals surface area contributed by atoms with Crippen molar-refractivity contribution in [3.05, 3.63) is 41.1 Å². The molecule has 0 radical (unpaired) electrons. The quantitative estimate of drug-likeness (QED) is 0.799. The average molecular weight is 381 g/mol. The van der Waals surface area contributed by atoms with E-state index in [1.807, 2.05) is 0 Å². The molecule has 1 N–H and O–H groups in total. The largest absolute Gasteiger partial charge is 0.375 e. The van der Waals surface area contributed by atoms with Gasteiger partial charge in [-0.3, -0.25) is 0 Å². The van der Waals surface area contributed by atoms with Crippen LogP contribution in [0.15, 0.2) is 24.3 Å². The van der Waals surface area contributed by atoms with Crippen LogP contribution in [0.1, 0.15) is 61.8 Å². The van der Waals surface area contributed by atoms with Gasteiger partial charge in [0.2, 0.25) is 5.95 Å². The van der Waals surface area contributed by atoms with E-state index in [-0.39, 0.29) is 6.10 Å².